The van der Waals surface area contributed by atoms with Crippen molar-refractivity contribution in [2.24, 2.45) is 0 Å². The predicted molar refractivity (Wildman–Crippen MR) is 95.9 cm³/mol. The fraction of sp³-hybridized carbons (Fsp3) is 0.0588. The van der Waals surface area contributed by atoms with Crippen molar-refractivity contribution in [2.45, 2.75) is 11.1 Å². The van der Waals surface area contributed by atoms with E-state index in [1.165, 1.54) is 41.7 Å². The van der Waals surface area contributed by atoms with E-state index in [0.29, 0.717) is 11.4 Å². The number of hydrogen-bond acceptors (Lipinski definition) is 4. The van der Waals surface area contributed by atoms with Crippen LogP contribution in [0.2, 0.25) is 0 Å². The average Bonchev–Trinajstić information content (AvgIpc) is 3.00. The Morgan fingerprint density at radius 3 is 2.04 bits per heavy atom. The molecule has 0 aliphatic rings. The number of aryl methyl sites for hydroxylation is 1. The number of benzene rings is 2. The molecule has 2 N–H and O–H groups in total. The van der Waals surface area contributed by atoms with Crippen LogP contribution in [0.4, 0.5) is 25.8 Å². The van der Waals surface area contributed by atoms with Gasteiger partial charge in [-0.05, 0) is 55.5 Å². The standard InChI is InChI=1S/C17H14F2N2O2S2/c1-11-5-10-16(24-11)25(22,23)21-13-8-6-12(7-9-13)20-17-14(18)3-2-4-15(17)19/h2-10,20-21H,1H3. The van der Waals surface area contributed by atoms with Crippen molar-refractivity contribution in [3.63, 3.8) is 0 Å². The van der Waals surface area contributed by atoms with Crippen LogP contribution in [-0.2, 0) is 10.0 Å². The minimum atomic E-state index is -3.65. The molecule has 4 nitrogen and oxygen atoms in total. The molecule has 8 heteroatoms. The van der Waals surface area contributed by atoms with Crippen LogP contribution in [0.3, 0.4) is 0 Å². The summed E-state index contributed by atoms with van der Waals surface area (Å²) in [6, 6.07) is 12.9. The summed E-state index contributed by atoms with van der Waals surface area (Å²) in [6.45, 7) is 1.83. The highest BCUT2D eigenvalue weighted by atomic mass is 32.2. The van der Waals surface area contributed by atoms with Crippen LogP contribution in [0, 0.1) is 18.6 Å². The van der Waals surface area contributed by atoms with Crippen LogP contribution < -0.4 is 10.0 Å². The van der Waals surface area contributed by atoms with E-state index in [1.54, 1.807) is 12.1 Å². The zero-order chi connectivity index (χ0) is 18.0. The first-order valence-corrected chi connectivity index (χ1v) is 9.55. The van der Waals surface area contributed by atoms with E-state index in [1.807, 2.05) is 6.92 Å². The van der Waals surface area contributed by atoms with E-state index >= 15 is 0 Å². The van der Waals surface area contributed by atoms with Crippen molar-refractivity contribution in [2.75, 3.05) is 10.0 Å². The van der Waals surface area contributed by atoms with E-state index in [2.05, 4.69) is 10.0 Å². The van der Waals surface area contributed by atoms with Crippen molar-refractivity contribution in [3.8, 4) is 0 Å². The second kappa shape index (κ2) is 6.81. The van der Waals surface area contributed by atoms with E-state index in [-0.39, 0.29) is 9.90 Å². The molecule has 0 atom stereocenters. The number of para-hydroxylation sites is 1. The summed E-state index contributed by atoms with van der Waals surface area (Å²) in [5.41, 5.74) is 0.523. The Kier molecular flexibility index (Phi) is 4.73. The number of thiophene rings is 1. The minimum absolute atomic E-state index is 0.223. The first kappa shape index (κ1) is 17.4. The molecular weight excluding hydrogens is 366 g/mol. The second-order valence-corrected chi connectivity index (χ2v) is 8.47. The molecule has 0 aliphatic heterocycles. The number of rotatable bonds is 5. The second-order valence-electron chi connectivity index (χ2n) is 5.27. The topological polar surface area (TPSA) is 58.2 Å². The number of nitrogens with one attached hydrogen (secondary N) is 2. The molecule has 25 heavy (non-hydrogen) atoms. The van der Waals surface area contributed by atoms with Crippen molar-refractivity contribution in [3.05, 3.63) is 71.1 Å². The molecule has 0 fully saturated rings. The molecule has 1 heterocycles. The van der Waals surface area contributed by atoms with Gasteiger partial charge in [0, 0.05) is 16.3 Å². The van der Waals surface area contributed by atoms with Crippen LogP contribution in [0.25, 0.3) is 0 Å². The van der Waals surface area contributed by atoms with Crippen molar-refractivity contribution in [1.82, 2.24) is 0 Å². The molecule has 130 valence electrons. The quantitative estimate of drug-likeness (QED) is 0.663. The summed E-state index contributed by atoms with van der Waals surface area (Å²) in [4.78, 5) is 0.895. The lowest BCUT2D eigenvalue weighted by atomic mass is 10.2. The highest BCUT2D eigenvalue weighted by Gasteiger charge is 2.16. The molecule has 0 spiro atoms. The molecule has 0 unspecified atom stereocenters. The average molecular weight is 380 g/mol. The first-order valence-electron chi connectivity index (χ1n) is 7.25. The van der Waals surface area contributed by atoms with Crippen molar-refractivity contribution < 1.29 is 17.2 Å². The Morgan fingerprint density at radius 2 is 1.48 bits per heavy atom. The molecule has 0 saturated heterocycles. The van der Waals surface area contributed by atoms with Gasteiger partial charge in [0.05, 0.1) is 0 Å². The molecule has 3 aromatic rings. The third kappa shape index (κ3) is 3.97. The molecule has 0 saturated carbocycles. The van der Waals surface area contributed by atoms with Gasteiger partial charge in [0.2, 0.25) is 0 Å². The summed E-state index contributed by atoms with van der Waals surface area (Å²) in [6.07, 6.45) is 0. The predicted octanol–water partition coefficient (Wildman–Crippen LogP) is 4.88. The third-order valence-electron chi connectivity index (χ3n) is 3.35. The molecule has 3 rings (SSSR count). The number of sulfonamides is 1. The van der Waals surface area contributed by atoms with Gasteiger partial charge in [-0.25, -0.2) is 17.2 Å². The van der Waals surface area contributed by atoms with E-state index in [4.69, 9.17) is 0 Å². The lowest BCUT2D eigenvalue weighted by molar-refractivity contribution is 0.590. The highest BCUT2D eigenvalue weighted by Crippen LogP contribution is 2.26. The van der Waals surface area contributed by atoms with Crippen LogP contribution in [0.15, 0.2) is 58.8 Å². The zero-order valence-corrected chi connectivity index (χ0v) is 14.7. The van der Waals surface area contributed by atoms with Gasteiger partial charge in [0.15, 0.2) is 0 Å². The molecule has 2 aromatic carbocycles. The van der Waals surface area contributed by atoms with Gasteiger partial charge in [-0.3, -0.25) is 4.72 Å². The Labute approximate surface area is 148 Å². The lowest BCUT2D eigenvalue weighted by Crippen LogP contribution is -2.11. The van der Waals surface area contributed by atoms with Gasteiger partial charge >= 0.3 is 0 Å². The maximum absolute atomic E-state index is 13.6. The summed E-state index contributed by atoms with van der Waals surface area (Å²) < 4.78 is 54.5. The maximum atomic E-state index is 13.6. The summed E-state index contributed by atoms with van der Waals surface area (Å²) >= 11 is 1.18. The Bertz CT molecular complexity index is 979. The number of halogens is 2. The largest absolute Gasteiger partial charge is 0.351 e. The normalized spacial score (nSPS) is 11.3. The Balaban J connectivity index is 1.77. The Morgan fingerprint density at radius 1 is 0.880 bits per heavy atom. The first-order chi connectivity index (χ1) is 11.8. The molecule has 1 aromatic heterocycles. The van der Waals surface area contributed by atoms with Gasteiger partial charge in [0.25, 0.3) is 10.0 Å². The molecule has 0 bridgehead atoms. The van der Waals surface area contributed by atoms with Gasteiger partial charge in [-0.2, -0.15) is 0 Å². The maximum Gasteiger partial charge on any atom is 0.271 e. The highest BCUT2D eigenvalue weighted by molar-refractivity contribution is 7.94. The van der Waals surface area contributed by atoms with Crippen LogP contribution in [0.1, 0.15) is 4.88 Å². The lowest BCUT2D eigenvalue weighted by Gasteiger charge is -2.10. The van der Waals surface area contributed by atoms with E-state index in [0.717, 1.165) is 17.0 Å². The molecule has 0 amide bonds. The van der Waals surface area contributed by atoms with E-state index in [9.17, 15) is 17.2 Å². The van der Waals surface area contributed by atoms with Gasteiger partial charge in [0.1, 0.15) is 21.5 Å². The summed E-state index contributed by atoms with van der Waals surface area (Å²) in [5.74, 6) is -1.42. The third-order valence-corrected chi connectivity index (χ3v) is 6.22. The van der Waals surface area contributed by atoms with Crippen molar-refractivity contribution >= 4 is 38.4 Å². The van der Waals surface area contributed by atoms with Crippen LogP contribution in [0.5, 0.6) is 0 Å². The van der Waals surface area contributed by atoms with Crippen molar-refractivity contribution in [1.29, 1.82) is 0 Å². The monoisotopic (exact) mass is 380 g/mol. The Hall–Kier alpha value is -2.45. The molecular formula is C17H14F2N2O2S2. The van der Waals surface area contributed by atoms with Gasteiger partial charge in [-0.1, -0.05) is 6.07 Å². The molecule has 0 radical (unpaired) electrons. The SMILES string of the molecule is Cc1ccc(S(=O)(=O)Nc2ccc(Nc3c(F)cccc3F)cc2)s1. The van der Waals surface area contributed by atoms with Gasteiger partial charge in [-0.15, -0.1) is 11.3 Å². The van der Waals surface area contributed by atoms with E-state index < -0.39 is 21.7 Å². The zero-order valence-electron chi connectivity index (χ0n) is 13.1. The fourth-order valence-corrected chi connectivity index (χ4v) is 4.49. The summed E-state index contributed by atoms with van der Waals surface area (Å²) in [7, 11) is -3.65. The summed E-state index contributed by atoms with van der Waals surface area (Å²) in [5, 5.41) is 2.64. The number of anilines is 3. The fourth-order valence-electron chi connectivity index (χ4n) is 2.15. The van der Waals surface area contributed by atoms with Gasteiger partial charge < -0.3 is 5.32 Å². The number of hydrogen-bond donors (Lipinski definition) is 2. The van der Waals surface area contributed by atoms with Crippen LogP contribution >= 0.6 is 11.3 Å². The smallest absolute Gasteiger partial charge is 0.271 e. The minimum Gasteiger partial charge on any atom is -0.351 e. The van der Waals surface area contributed by atoms with Crippen LogP contribution in [-0.4, -0.2) is 8.42 Å². The molecule has 0 aliphatic carbocycles.